The number of hydrogen-bond donors (Lipinski definition) is 3. The molecule has 2 aromatic heterocycles. The fraction of sp³-hybridized carbons (Fsp3) is 0.385. The Hall–Kier alpha value is -2.44. The van der Waals surface area contributed by atoms with Gasteiger partial charge < -0.3 is 11.1 Å². The Bertz CT molecular complexity index is 602. The van der Waals surface area contributed by atoms with E-state index in [1.54, 1.807) is 12.4 Å². The number of aryl methyl sites for hydroxylation is 1. The van der Waals surface area contributed by atoms with Crippen molar-refractivity contribution >= 4 is 11.6 Å². The first-order valence-electron chi connectivity index (χ1n) is 6.38. The van der Waals surface area contributed by atoms with Gasteiger partial charge in [0.1, 0.15) is 0 Å². The Morgan fingerprint density at radius 3 is 2.70 bits per heavy atom. The van der Waals surface area contributed by atoms with Gasteiger partial charge in [0.25, 0.3) is 5.91 Å². The zero-order valence-corrected chi connectivity index (χ0v) is 11.8. The highest BCUT2D eigenvalue weighted by molar-refractivity contribution is 5.97. The Morgan fingerprint density at radius 1 is 1.40 bits per heavy atom. The molecule has 7 nitrogen and oxygen atoms in total. The van der Waals surface area contributed by atoms with Crippen LogP contribution >= 0.6 is 0 Å². The predicted molar refractivity (Wildman–Crippen MR) is 75.0 cm³/mol. The molecule has 0 aliphatic rings. The number of carbonyl (C=O) groups excluding carboxylic acids is 1. The molecule has 0 bridgehead atoms. The average molecular weight is 274 g/mol. The number of nitrogens with two attached hydrogens (primary N) is 1. The van der Waals surface area contributed by atoms with Crippen LogP contribution in [0.3, 0.4) is 0 Å². The van der Waals surface area contributed by atoms with E-state index >= 15 is 0 Å². The number of nitrogens with zero attached hydrogens (tertiary/aromatic N) is 3. The van der Waals surface area contributed by atoms with Crippen molar-refractivity contribution in [1.29, 1.82) is 0 Å². The molecule has 2 rings (SSSR count). The van der Waals surface area contributed by atoms with E-state index in [0.29, 0.717) is 11.4 Å². The van der Waals surface area contributed by atoms with E-state index in [-0.39, 0.29) is 24.1 Å². The Balaban J connectivity index is 2.03. The number of aromatic amines is 1. The number of amides is 1. The minimum absolute atomic E-state index is 0.187. The van der Waals surface area contributed by atoms with Crippen LogP contribution in [0.25, 0.3) is 0 Å². The van der Waals surface area contributed by atoms with E-state index in [1.807, 2.05) is 20.8 Å². The van der Waals surface area contributed by atoms with Gasteiger partial charge in [-0.3, -0.25) is 19.9 Å². The van der Waals surface area contributed by atoms with Gasteiger partial charge in [-0.25, -0.2) is 0 Å². The van der Waals surface area contributed by atoms with Crippen LogP contribution in [0.15, 0.2) is 12.4 Å². The van der Waals surface area contributed by atoms with Crippen molar-refractivity contribution in [2.45, 2.75) is 33.2 Å². The zero-order chi connectivity index (χ0) is 14.7. The van der Waals surface area contributed by atoms with Gasteiger partial charge in [-0.05, 0) is 12.8 Å². The molecule has 0 aliphatic heterocycles. The Kier molecular flexibility index (Phi) is 3.97. The molecule has 0 saturated carbocycles. The quantitative estimate of drug-likeness (QED) is 0.774. The van der Waals surface area contributed by atoms with E-state index in [1.165, 1.54) is 0 Å². The summed E-state index contributed by atoms with van der Waals surface area (Å²) in [4.78, 5) is 20.3. The third-order valence-electron chi connectivity index (χ3n) is 2.89. The van der Waals surface area contributed by atoms with Gasteiger partial charge in [0, 0.05) is 6.20 Å². The SMILES string of the molecule is Cc1cnc(CNC(=O)c2n[nH]c(C(C)C)c2N)cn1. The molecule has 4 N–H and O–H groups in total. The molecule has 2 heterocycles. The second kappa shape index (κ2) is 5.68. The van der Waals surface area contributed by atoms with Crippen LogP contribution in [-0.4, -0.2) is 26.1 Å². The maximum absolute atomic E-state index is 12.0. The smallest absolute Gasteiger partial charge is 0.274 e. The van der Waals surface area contributed by atoms with Gasteiger partial charge >= 0.3 is 0 Å². The van der Waals surface area contributed by atoms with Crippen molar-refractivity contribution in [3.8, 4) is 0 Å². The number of anilines is 1. The highest BCUT2D eigenvalue weighted by Gasteiger charge is 2.18. The van der Waals surface area contributed by atoms with Crippen LogP contribution in [0.5, 0.6) is 0 Å². The molecule has 0 atom stereocenters. The highest BCUT2D eigenvalue weighted by atomic mass is 16.1. The second-order valence-electron chi connectivity index (χ2n) is 4.89. The van der Waals surface area contributed by atoms with Crippen LogP contribution < -0.4 is 11.1 Å². The molecule has 7 heteroatoms. The molecular weight excluding hydrogens is 256 g/mol. The molecule has 0 saturated heterocycles. The number of aromatic nitrogens is 4. The van der Waals surface area contributed by atoms with Crippen LogP contribution in [-0.2, 0) is 6.54 Å². The number of H-pyrrole nitrogens is 1. The summed E-state index contributed by atoms with van der Waals surface area (Å²) in [7, 11) is 0. The van der Waals surface area contributed by atoms with Crippen LogP contribution in [0.4, 0.5) is 5.69 Å². The van der Waals surface area contributed by atoms with E-state index in [4.69, 9.17) is 5.73 Å². The molecular formula is C13H18N6O. The number of hydrogen-bond acceptors (Lipinski definition) is 5. The lowest BCUT2D eigenvalue weighted by atomic mass is 10.1. The van der Waals surface area contributed by atoms with Crippen molar-refractivity contribution in [2.75, 3.05) is 5.73 Å². The third-order valence-corrected chi connectivity index (χ3v) is 2.89. The Labute approximate surface area is 117 Å². The minimum Gasteiger partial charge on any atom is -0.395 e. The normalized spacial score (nSPS) is 10.8. The molecule has 0 aromatic carbocycles. The van der Waals surface area contributed by atoms with Gasteiger partial charge in [-0.15, -0.1) is 0 Å². The standard InChI is InChI=1S/C13H18N6O/c1-7(2)11-10(14)12(19-18-11)13(20)17-6-9-5-15-8(3)4-16-9/h4-5,7H,6,14H2,1-3H3,(H,17,20)(H,18,19). The lowest BCUT2D eigenvalue weighted by Gasteiger charge is -2.04. The summed E-state index contributed by atoms with van der Waals surface area (Å²) < 4.78 is 0. The van der Waals surface area contributed by atoms with Crippen molar-refractivity contribution in [3.63, 3.8) is 0 Å². The number of carbonyl (C=O) groups is 1. The maximum atomic E-state index is 12.0. The van der Waals surface area contributed by atoms with Crippen LogP contribution in [0.1, 0.15) is 47.3 Å². The molecule has 0 spiro atoms. The van der Waals surface area contributed by atoms with E-state index in [2.05, 4.69) is 25.5 Å². The highest BCUT2D eigenvalue weighted by Crippen LogP contribution is 2.21. The third kappa shape index (κ3) is 2.93. The summed E-state index contributed by atoms with van der Waals surface area (Å²) in [6.07, 6.45) is 3.28. The van der Waals surface area contributed by atoms with E-state index in [9.17, 15) is 4.79 Å². The average Bonchev–Trinajstić information content (AvgIpc) is 2.80. The molecule has 106 valence electrons. The summed E-state index contributed by atoms with van der Waals surface area (Å²) in [6.45, 7) is 6.10. The van der Waals surface area contributed by atoms with Gasteiger partial charge in [0.15, 0.2) is 5.69 Å². The summed E-state index contributed by atoms with van der Waals surface area (Å²) >= 11 is 0. The fourth-order valence-electron chi connectivity index (χ4n) is 1.74. The molecule has 20 heavy (non-hydrogen) atoms. The lowest BCUT2D eigenvalue weighted by molar-refractivity contribution is 0.0946. The molecule has 2 aromatic rings. The summed E-state index contributed by atoms with van der Waals surface area (Å²) in [5.74, 6) is -0.139. The molecule has 0 unspecified atom stereocenters. The van der Waals surface area contributed by atoms with Crippen molar-refractivity contribution in [2.24, 2.45) is 0 Å². The topological polar surface area (TPSA) is 110 Å². The lowest BCUT2D eigenvalue weighted by Crippen LogP contribution is -2.24. The largest absolute Gasteiger partial charge is 0.395 e. The molecule has 1 amide bonds. The monoisotopic (exact) mass is 274 g/mol. The van der Waals surface area contributed by atoms with Crippen LogP contribution in [0, 0.1) is 6.92 Å². The maximum Gasteiger partial charge on any atom is 0.274 e. The fourth-order valence-corrected chi connectivity index (χ4v) is 1.74. The summed E-state index contributed by atoms with van der Waals surface area (Å²) in [5, 5.41) is 9.49. The first-order chi connectivity index (χ1) is 9.49. The minimum atomic E-state index is -0.326. The van der Waals surface area contributed by atoms with Crippen LogP contribution in [0.2, 0.25) is 0 Å². The van der Waals surface area contributed by atoms with Crippen molar-refractivity contribution < 1.29 is 4.79 Å². The van der Waals surface area contributed by atoms with Crippen molar-refractivity contribution in [3.05, 3.63) is 35.2 Å². The van der Waals surface area contributed by atoms with Crippen molar-refractivity contribution in [1.82, 2.24) is 25.5 Å². The predicted octanol–water partition coefficient (Wildman–Crippen LogP) is 1.14. The van der Waals surface area contributed by atoms with Gasteiger partial charge in [0.05, 0.1) is 35.5 Å². The summed E-state index contributed by atoms with van der Waals surface area (Å²) in [5.41, 5.74) is 8.81. The van der Waals surface area contributed by atoms with Gasteiger partial charge in [-0.2, -0.15) is 5.10 Å². The Morgan fingerprint density at radius 2 is 2.15 bits per heavy atom. The second-order valence-corrected chi connectivity index (χ2v) is 4.89. The molecule has 0 radical (unpaired) electrons. The first kappa shape index (κ1) is 14.0. The molecule has 0 aliphatic carbocycles. The summed E-state index contributed by atoms with van der Waals surface area (Å²) in [6, 6.07) is 0. The van der Waals surface area contributed by atoms with Gasteiger partial charge in [-0.1, -0.05) is 13.8 Å². The van der Waals surface area contributed by atoms with E-state index < -0.39 is 0 Å². The molecule has 0 fully saturated rings. The number of rotatable bonds is 4. The number of nitrogen functional groups attached to an aromatic ring is 1. The van der Waals surface area contributed by atoms with Gasteiger partial charge in [0.2, 0.25) is 0 Å². The number of nitrogens with one attached hydrogen (secondary N) is 2. The van der Waals surface area contributed by atoms with E-state index in [0.717, 1.165) is 11.4 Å². The first-order valence-corrected chi connectivity index (χ1v) is 6.38. The zero-order valence-electron chi connectivity index (χ0n) is 11.8.